The van der Waals surface area contributed by atoms with Gasteiger partial charge < -0.3 is 10.1 Å². The fraction of sp³-hybridized carbons (Fsp3) is 0.688. The Morgan fingerprint density at radius 2 is 2.20 bits per heavy atom. The molecule has 2 fully saturated rings. The number of ether oxygens (including phenoxy) is 1. The predicted molar refractivity (Wildman–Crippen MR) is 79.9 cm³/mol. The molecule has 3 rings (SSSR count). The highest BCUT2D eigenvalue weighted by atomic mass is 16.5. The quantitative estimate of drug-likeness (QED) is 0.913. The van der Waals surface area contributed by atoms with Crippen molar-refractivity contribution in [2.24, 2.45) is 11.8 Å². The third-order valence-corrected chi connectivity index (χ3v) is 5.09. The standard InChI is InChI=1S/C16H25N3O/c1-11-5-14(20-4)6-13(18-11)10-19-9-12-7-17-8-15(12)16(19,2)3/h5-6,12,15,17H,7-10H2,1-4H3. The van der Waals surface area contributed by atoms with Crippen molar-refractivity contribution >= 4 is 0 Å². The number of fused-ring (bicyclic) bond motifs is 1. The van der Waals surface area contributed by atoms with Crippen LogP contribution < -0.4 is 10.1 Å². The van der Waals surface area contributed by atoms with Gasteiger partial charge in [-0.25, -0.2) is 0 Å². The van der Waals surface area contributed by atoms with Crippen LogP contribution in [0.3, 0.4) is 0 Å². The molecule has 0 saturated carbocycles. The second-order valence-electron chi connectivity index (χ2n) is 6.70. The zero-order valence-corrected chi connectivity index (χ0v) is 12.9. The summed E-state index contributed by atoms with van der Waals surface area (Å²) in [4.78, 5) is 7.26. The smallest absolute Gasteiger partial charge is 0.122 e. The first-order valence-corrected chi connectivity index (χ1v) is 7.48. The number of methoxy groups -OCH3 is 1. The first-order valence-electron chi connectivity index (χ1n) is 7.48. The van der Waals surface area contributed by atoms with E-state index >= 15 is 0 Å². The average Bonchev–Trinajstić information content (AvgIpc) is 2.93. The van der Waals surface area contributed by atoms with Crippen LogP contribution in [0, 0.1) is 18.8 Å². The van der Waals surface area contributed by atoms with Crippen molar-refractivity contribution in [1.29, 1.82) is 0 Å². The first-order chi connectivity index (χ1) is 9.50. The molecule has 2 aliphatic rings. The van der Waals surface area contributed by atoms with Crippen LogP contribution >= 0.6 is 0 Å². The van der Waals surface area contributed by atoms with E-state index in [0.29, 0.717) is 0 Å². The molecule has 1 N–H and O–H groups in total. The van der Waals surface area contributed by atoms with E-state index in [0.717, 1.165) is 48.6 Å². The molecule has 0 amide bonds. The van der Waals surface area contributed by atoms with Gasteiger partial charge in [0, 0.05) is 43.0 Å². The number of aryl methyl sites for hydroxylation is 1. The summed E-state index contributed by atoms with van der Waals surface area (Å²) in [6.07, 6.45) is 0. The number of hydrogen-bond acceptors (Lipinski definition) is 4. The zero-order chi connectivity index (χ0) is 14.3. The van der Waals surface area contributed by atoms with Crippen molar-refractivity contribution in [2.45, 2.75) is 32.9 Å². The third kappa shape index (κ3) is 2.31. The number of rotatable bonds is 3. The molecule has 0 aromatic carbocycles. The lowest BCUT2D eigenvalue weighted by Gasteiger charge is -2.35. The predicted octanol–water partition coefficient (Wildman–Crippen LogP) is 1.83. The summed E-state index contributed by atoms with van der Waals surface area (Å²) >= 11 is 0. The van der Waals surface area contributed by atoms with E-state index in [4.69, 9.17) is 4.74 Å². The van der Waals surface area contributed by atoms with Gasteiger partial charge in [0.2, 0.25) is 0 Å². The van der Waals surface area contributed by atoms with Crippen LogP contribution in [-0.2, 0) is 6.54 Å². The molecule has 3 heterocycles. The van der Waals surface area contributed by atoms with Crippen LogP contribution in [0.4, 0.5) is 0 Å². The minimum Gasteiger partial charge on any atom is -0.497 e. The van der Waals surface area contributed by atoms with Crippen LogP contribution in [0.5, 0.6) is 5.75 Å². The maximum atomic E-state index is 5.36. The Bertz CT molecular complexity index is 500. The van der Waals surface area contributed by atoms with Crippen molar-refractivity contribution < 1.29 is 4.74 Å². The second-order valence-corrected chi connectivity index (χ2v) is 6.70. The van der Waals surface area contributed by atoms with Gasteiger partial charge in [0.15, 0.2) is 0 Å². The summed E-state index contributed by atoms with van der Waals surface area (Å²) in [5.74, 6) is 2.46. The maximum Gasteiger partial charge on any atom is 0.122 e. The van der Waals surface area contributed by atoms with E-state index in [-0.39, 0.29) is 5.54 Å². The lowest BCUT2D eigenvalue weighted by Crippen LogP contribution is -2.44. The molecule has 2 saturated heterocycles. The van der Waals surface area contributed by atoms with Crippen molar-refractivity contribution in [2.75, 3.05) is 26.7 Å². The highest BCUT2D eigenvalue weighted by molar-refractivity contribution is 5.27. The van der Waals surface area contributed by atoms with E-state index in [1.54, 1.807) is 7.11 Å². The van der Waals surface area contributed by atoms with Gasteiger partial charge in [-0.15, -0.1) is 0 Å². The van der Waals surface area contributed by atoms with Gasteiger partial charge in [-0.3, -0.25) is 9.88 Å². The minimum absolute atomic E-state index is 0.243. The highest BCUT2D eigenvalue weighted by Crippen LogP contribution is 2.41. The van der Waals surface area contributed by atoms with Crippen molar-refractivity contribution in [1.82, 2.24) is 15.2 Å². The fourth-order valence-corrected chi connectivity index (χ4v) is 3.87. The lowest BCUT2D eigenvalue weighted by molar-refractivity contribution is 0.130. The van der Waals surface area contributed by atoms with E-state index in [1.807, 2.05) is 13.0 Å². The molecular weight excluding hydrogens is 250 g/mol. The topological polar surface area (TPSA) is 37.4 Å². The maximum absolute atomic E-state index is 5.36. The van der Waals surface area contributed by atoms with Crippen LogP contribution in [-0.4, -0.2) is 42.2 Å². The van der Waals surface area contributed by atoms with Gasteiger partial charge in [0.05, 0.1) is 12.8 Å². The number of nitrogens with zero attached hydrogens (tertiary/aromatic N) is 2. The molecule has 20 heavy (non-hydrogen) atoms. The number of hydrogen-bond donors (Lipinski definition) is 1. The lowest BCUT2D eigenvalue weighted by atomic mass is 9.85. The molecular formula is C16H25N3O. The molecule has 0 spiro atoms. The third-order valence-electron chi connectivity index (χ3n) is 5.09. The highest BCUT2D eigenvalue weighted by Gasteiger charge is 2.49. The average molecular weight is 275 g/mol. The van der Waals surface area contributed by atoms with E-state index in [1.165, 1.54) is 6.54 Å². The van der Waals surface area contributed by atoms with E-state index in [9.17, 15) is 0 Å². The summed E-state index contributed by atoms with van der Waals surface area (Å²) in [6.45, 7) is 11.2. The normalized spacial score (nSPS) is 28.6. The molecule has 0 aliphatic carbocycles. The molecule has 1 aromatic rings. The Morgan fingerprint density at radius 1 is 1.40 bits per heavy atom. The van der Waals surface area contributed by atoms with Gasteiger partial charge >= 0.3 is 0 Å². The molecule has 0 radical (unpaired) electrons. The van der Waals surface area contributed by atoms with Crippen LogP contribution in [0.15, 0.2) is 12.1 Å². The monoisotopic (exact) mass is 275 g/mol. The molecule has 2 unspecified atom stereocenters. The molecule has 0 bridgehead atoms. The van der Waals surface area contributed by atoms with Crippen LogP contribution in [0.25, 0.3) is 0 Å². The molecule has 110 valence electrons. The fourth-order valence-electron chi connectivity index (χ4n) is 3.87. The van der Waals surface area contributed by atoms with E-state index in [2.05, 4.69) is 35.1 Å². The van der Waals surface area contributed by atoms with Crippen LogP contribution in [0.1, 0.15) is 25.2 Å². The molecule has 4 nitrogen and oxygen atoms in total. The molecule has 4 heteroatoms. The molecule has 1 aromatic heterocycles. The first kappa shape index (κ1) is 13.8. The zero-order valence-electron chi connectivity index (χ0n) is 12.9. The number of nitrogens with one attached hydrogen (secondary N) is 1. The van der Waals surface area contributed by atoms with Gasteiger partial charge in [-0.05, 0) is 39.2 Å². The molecule has 2 atom stereocenters. The summed E-state index contributed by atoms with van der Waals surface area (Å²) < 4.78 is 5.36. The SMILES string of the molecule is COc1cc(C)nc(CN2CC3CNCC3C2(C)C)c1. The van der Waals surface area contributed by atoms with Gasteiger partial charge in [-0.2, -0.15) is 0 Å². The second kappa shape index (κ2) is 5.01. The Morgan fingerprint density at radius 3 is 2.90 bits per heavy atom. The van der Waals surface area contributed by atoms with Crippen molar-refractivity contribution in [3.8, 4) is 5.75 Å². The Balaban J connectivity index is 1.80. The van der Waals surface area contributed by atoms with E-state index < -0.39 is 0 Å². The van der Waals surface area contributed by atoms with Crippen molar-refractivity contribution in [3.05, 3.63) is 23.5 Å². The summed E-state index contributed by atoms with van der Waals surface area (Å²) in [5.41, 5.74) is 2.38. The van der Waals surface area contributed by atoms with Gasteiger partial charge in [-0.1, -0.05) is 0 Å². The minimum atomic E-state index is 0.243. The number of aromatic nitrogens is 1. The van der Waals surface area contributed by atoms with Crippen molar-refractivity contribution in [3.63, 3.8) is 0 Å². The number of pyridine rings is 1. The largest absolute Gasteiger partial charge is 0.497 e. The summed E-state index contributed by atoms with van der Waals surface area (Å²) in [6, 6.07) is 4.05. The Hall–Kier alpha value is -1.13. The summed E-state index contributed by atoms with van der Waals surface area (Å²) in [5, 5.41) is 3.53. The summed E-state index contributed by atoms with van der Waals surface area (Å²) in [7, 11) is 1.72. The van der Waals surface area contributed by atoms with Gasteiger partial charge in [0.25, 0.3) is 0 Å². The Kier molecular flexibility index (Phi) is 3.46. The van der Waals surface area contributed by atoms with Crippen LogP contribution in [0.2, 0.25) is 0 Å². The number of likely N-dealkylation sites (tertiary alicyclic amines) is 1. The Labute approximate surface area is 121 Å². The molecule has 2 aliphatic heterocycles. The van der Waals surface area contributed by atoms with Gasteiger partial charge in [0.1, 0.15) is 5.75 Å².